The Morgan fingerprint density at radius 3 is 2.44 bits per heavy atom. The summed E-state index contributed by atoms with van der Waals surface area (Å²) in [5.74, 6) is 0. The number of rotatable bonds is 7. The van der Waals surface area contributed by atoms with E-state index in [-0.39, 0.29) is 18.7 Å². The van der Waals surface area contributed by atoms with Gasteiger partial charge in [-0.05, 0) is 25.0 Å². The highest BCUT2D eigenvalue weighted by molar-refractivity contribution is 6.36. The van der Waals surface area contributed by atoms with Gasteiger partial charge in [0.2, 0.25) is 0 Å². The lowest BCUT2D eigenvalue weighted by molar-refractivity contribution is 0.227. The third-order valence-corrected chi connectivity index (χ3v) is 3.56. The van der Waals surface area contributed by atoms with Crippen LogP contribution in [0.2, 0.25) is 10.0 Å². The van der Waals surface area contributed by atoms with Gasteiger partial charge in [-0.25, -0.2) is 0 Å². The van der Waals surface area contributed by atoms with Crippen molar-refractivity contribution < 1.29 is 5.11 Å². The number of hydrogen-bond donors (Lipinski definition) is 2. The van der Waals surface area contributed by atoms with Gasteiger partial charge in [-0.1, -0.05) is 42.3 Å². The number of halogens is 2. The zero-order valence-corrected chi connectivity index (χ0v) is 12.0. The van der Waals surface area contributed by atoms with E-state index in [2.05, 4.69) is 11.9 Å². The van der Waals surface area contributed by atoms with Crippen LogP contribution in [0.3, 0.4) is 0 Å². The summed E-state index contributed by atoms with van der Waals surface area (Å²) in [4.78, 5) is 0. The van der Waals surface area contributed by atoms with Gasteiger partial charge in [0.05, 0.1) is 6.61 Å². The van der Waals surface area contributed by atoms with E-state index in [4.69, 9.17) is 23.2 Å². The van der Waals surface area contributed by atoms with E-state index in [1.807, 2.05) is 31.2 Å². The standard InChI is InChI=1S/C14H19Cl2NO/c1-3-6-13(17-10(4-2)9-18)14-11(15)7-5-8-12(14)16/h3,5,7-8,10,13,17-18H,1,4,6,9H2,2H3. The van der Waals surface area contributed by atoms with Gasteiger partial charge in [-0.2, -0.15) is 0 Å². The third kappa shape index (κ3) is 3.99. The van der Waals surface area contributed by atoms with Gasteiger partial charge in [0.15, 0.2) is 0 Å². The van der Waals surface area contributed by atoms with Gasteiger partial charge in [0.25, 0.3) is 0 Å². The van der Waals surface area contributed by atoms with Gasteiger partial charge in [-0.3, -0.25) is 0 Å². The molecule has 100 valence electrons. The van der Waals surface area contributed by atoms with Crippen LogP contribution >= 0.6 is 23.2 Å². The van der Waals surface area contributed by atoms with Crippen molar-refractivity contribution >= 4 is 23.2 Å². The minimum absolute atomic E-state index is 0.0270. The van der Waals surface area contributed by atoms with Crippen molar-refractivity contribution in [1.29, 1.82) is 0 Å². The van der Waals surface area contributed by atoms with E-state index in [0.29, 0.717) is 16.5 Å². The molecule has 0 fully saturated rings. The van der Waals surface area contributed by atoms with Crippen molar-refractivity contribution in [2.75, 3.05) is 6.61 Å². The van der Waals surface area contributed by atoms with Crippen molar-refractivity contribution in [2.45, 2.75) is 31.8 Å². The molecule has 1 rings (SSSR count). The second kappa shape index (κ2) is 7.80. The quantitative estimate of drug-likeness (QED) is 0.744. The molecule has 0 spiro atoms. The highest BCUT2D eigenvalue weighted by Crippen LogP contribution is 2.32. The Hall–Kier alpha value is -0.540. The monoisotopic (exact) mass is 287 g/mol. The van der Waals surface area contributed by atoms with E-state index >= 15 is 0 Å². The summed E-state index contributed by atoms with van der Waals surface area (Å²) in [5, 5.41) is 13.9. The fraction of sp³-hybridized carbons (Fsp3) is 0.429. The predicted octanol–water partition coefficient (Wildman–Crippen LogP) is 3.97. The second-order valence-electron chi connectivity index (χ2n) is 4.17. The molecule has 0 aliphatic carbocycles. The normalized spacial score (nSPS) is 14.2. The summed E-state index contributed by atoms with van der Waals surface area (Å²) >= 11 is 12.4. The summed E-state index contributed by atoms with van der Waals surface area (Å²) in [6.45, 7) is 5.87. The molecular weight excluding hydrogens is 269 g/mol. The third-order valence-electron chi connectivity index (χ3n) is 2.90. The molecule has 0 heterocycles. The van der Waals surface area contributed by atoms with E-state index in [0.717, 1.165) is 12.0 Å². The number of aliphatic hydroxyl groups excluding tert-OH is 1. The molecule has 18 heavy (non-hydrogen) atoms. The molecule has 2 atom stereocenters. The number of hydrogen-bond acceptors (Lipinski definition) is 2. The fourth-order valence-corrected chi connectivity index (χ4v) is 2.52. The Bertz CT molecular complexity index is 371. The first kappa shape index (κ1) is 15.5. The van der Waals surface area contributed by atoms with Crippen LogP contribution in [0.25, 0.3) is 0 Å². The molecule has 2 unspecified atom stereocenters. The Morgan fingerprint density at radius 1 is 1.39 bits per heavy atom. The summed E-state index contributed by atoms with van der Waals surface area (Å²) in [5.41, 5.74) is 0.868. The van der Waals surface area contributed by atoms with Crippen molar-refractivity contribution in [1.82, 2.24) is 5.32 Å². The molecule has 0 aliphatic rings. The molecule has 0 amide bonds. The summed E-state index contributed by atoms with van der Waals surface area (Å²) < 4.78 is 0. The Morgan fingerprint density at radius 2 is 2.00 bits per heavy atom. The van der Waals surface area contributed by atoms with Crippen molar-refractivity contribution in [3.05, 3.63) is 46.5 Å². The van der Waals surface area contributed by atoms with Crippen molar-refractivity contribution in [3.63, 3.8) is 0 Å². The first-order valence-corrected chi connectivity index (χ1v) is 6.81. The molecular formula is C14H19Cl2NO. The van der Waals surface area contributed by atoms with Gasteiger partial charge >= 0.3 is 0 Å². The van der Waals surface area contributed by atoms with Crippen LogP contribution in [0.4, 0.5) is 0 Å². The van der Waals surface area contributed by atoms with E-state index in [1.165, 1.54) is 0 Å². The second-order valence-corrected chi connectivity index (χ2v) is 4.98. The molecule has 1 aromatic carbocycles. The summed E-state index contributed by atoms with van der Waals surface area (Å²) in [7, 11) is 0. The lowest BCUT2D eigenvalue weighted by atomic mass is 10.0. The molecule has 0 aliphatic heterocycles. The number of aliphatic hydroxyl groups is 1. The zero-order valence-electron chi connectivity index (χ0n) is 10.5. The average Bonchev–Trinajstić information content (AvgIpc) is 2.35. The smallest absolute Gasteiger partial charge is 0.0584 e. The molecule has 4 heteroatoms. The lowest BCUT2D eigenvalue weighted by Crippen LogP contribution is -2.35. The first-order chi connectivity index (χ1) is 8.63. The topological polar surface area (TPSA) is 32.3 Å². The van der Waals surface area contributed by atoms with Crippen LogP contribution in [-0.4, -0.2) is 17.8 Å². The van der Waals surface area contributed by atoms with Gasteiger partial charge in [-0.15, -0.1) is 6.58 Å². The maximum Gasteiger partial charge on any atom is 0.0584 e. The Kier molecular flexibility index (Phi) is 6.72. The molecule has 0 aromatic heterocycles. The minimum atomic E-state index is -0.0270. The van der Waals surface area contributed by atoms with Crippen molar-refractivity contribution in [3.8, 4) is 0 Å². The van der Waals surface area contributed by atoms with Gasteiger partial charge in [0.1, 0.15) is 0 Å². The molecule has 2 N–H and O–H groups in total. The van der Waals surface area contributed by atoms with Crippen LogP contribution in [-0.2, 0) is 0 Å². The largest absolute Gasteiger partial charge is 0.395 e. The lowest BCUT2D eigenvalue weighted by Gasteiger charge is -2.25. The fourth-order valence-electron chi connectivity index (χ4n) is 1.86. The first-order valence-electron chi connectivity index (χ1n) is 6.05. The molecule has 0 radical (unpaired) electrons. The zero-order chi connectivity index (χ0) is 13.5. The Labute approximate surface area is 119 Å². The number of nitrogens with one attached hydrogen (secondary N) is 1. The average molecular weight is 288 g/mol. The minimum Gasteiger partial charge on any atom is -0.395 e. The van der Waals surface area contributed by atoms with E-state index < -0.39 is 0 Å². The summed E-state index contributed by atoms with van der Waals surface area (Å²) in [6, 6.07) is 5.46. The van der Waals surface area contributed by atoms with E-state index in [1.54, 1.807) is 0 Å². The van der Waals surface area contributed by atoms with Crippen LogP contribution < -0.4 is 5.32 Å². The van der Waals surface area contributed by atoms with Crippen LogP contribution in [0.5, 0.6) is 0 Å². The SMILES string of the molecule is C=CCC(NC(CC)CO)c1c(Cl)cccc1Cl. The Balaban J connectivity index is 3.00. The van der Waals surface area contributed by atoms with Crippen LogP contribution in [0.15, 0.2) is 30.9 Å². The molecule has 0 bridgehead atoms. The number of benzene rings is 1. The molecule has 0 saturated heterocycles. The van der Waals surface area contributed by atoms with E-state index in [9.17, 15) is 5.11 Å². The summed E-state index contributed by atoms with van der Waals surface area (Å²) in [6.07, 6.45) is 3.37. The molecule has 1 aromatic rings. The van der Waals surface area contributed by atoms with Crippen LogP contribution in [0.1, 0.15) is 31.4 Å². The molecule has 2 nitrogen and oxygen atoms in total. The molecule has 0 saturated carbocycles. The predicted molar refractivity (Wildman–Crippen MR) is 78.3 cm³/mol. The van der Waals surface area contributed by atoms with Gasteiger partial charge in [0, 0.05) is 27.7 Å². The van der Waals surface area contributed by atoms with Crippen LogP contribution in [0, 0.1) is 0 Å². The van der Waals surface area contributed by atoms with Gasteiger partial charge < -0.3 is 10.4 Å². The maximum absolute atomic E-state index is 9.27. The maximum atomic E-state index is 9.27. The highest BCUT2D eigenvalue weighted by Gasteiger charge is 2.19. The van der Waals surface area contributed by atoms with Crippen molar-refractivity contribution in [2.24, 2.45) is 0 Å². The highest BCUT2D eigenvalue weighted by atomic mass is 35.5.